The van der Waals surface area contributed by atoms with E-state index >= 15 is 8.78 Å². The predicted molar refractivity (Wildman–Crippen MR) is 189 cm³/mol. The number of nitrogens with zero attached hydrogens (tertiary/aromatic N) is 5. The Labute approximate surface area is 289 Å². The molecular formula is C41H30F5N5. The van der Waals surface area contributed by atoms with Crippen LogP contribution in [0.25, 0.3) is 67.0 Å². The van der Waals surface area contributed by atoms with Crippen molar-refractivity contribution < 1.29 is 22.0 Å². The highest BCUT2D eigenvalue weighted by Gasteiger charge is 2.36. The van der Waals surface area contributed by atoms with Crippen LogP contribution in [0.2, 0.25) is 0 Å². The molecule has 0 unspecified atom stereocenters. The molecule has 3 heterocycles. The number of aromatic nitrogens is 5. The highest BCUT2D eigenvalue weighted by molar-refractivity contribution is 6.09. The Bertz CT molecular complexity index is 2610. The lowest BCUT2D eigenvalue weighted by atomic mass is 9.84. The van der Waals surface area contributed by atoms with Gasteiger partial charge in [-0.1, -0.05) is 87.5 Å². The molecule has 0 bridgehead atoms. The van der Waals surface area contributed by atoms with Gasteiger partial charge in [0.05, 0.1) is 28.0 Å². The highest BCUT2D eigenvalue weighted by Crippen LogP contribution is 2.45. The van der Waals surface area contributed by atoms with E-state index in [2.05, 4.69) is 15.6 Å². The zero-order valence-electron chi connectivity index (χ0n) is 28.0. The molecule has 0 aliphatic heterocycles. The molecule has 0 aliphatic carbocycles. The summed E-state index contributed by atoms with van der Waals surface area (Å²) in [6.07, 6.45) is 3.63. The van der Waals surface area contributed by atoms with Gasteiger partial charge in [-0.15, -0.1) is 0 Å². The average Bonchev–Trinajstić information content (AvgIpc) is 3.84. The molecule has 5 aromatic carbocycles. The van der Waals surface area contributed by atoms with Crippen LogP contribution in [0.4, 0.5) is 22.0 Å². The Kier molecular flexibility index (Phi) is 7.44. The Morgan fingerprint density at radius 3 is 1.92 bits per heavy atom. The third kappa shape index (κ3) is 5.04. The number of fused-ring (bicyclic) bond motifs is 3. The minimum Gasteiger partial charge on any atom is -0.334 e. The lowest BCUT2D eigenvalue weighted by Gasteiger charge is -2.23. The van der Waals surface area contributed by atoms with Crippen LogP contribution < -0.4 is 0 Å². The van der Waals surface area contributed by atoms with Crippen LogP contribution in [0.3, 0.4) is 0 Å². The maximum Gasteiger partial charge on any atom is 0.200 e. The van der Waals surface area contributed by atoms with Crippen LogP contribution in [0.5, 0.6) is 0 Å². The molecule has 0 radical (unpaired) electrons. The van der Waals surface area contributed by atoms with Crippen molar-refractivity contribution in [2.24, 2.45) is 7.05 Å². The molecule has 51 heavy (non-hydrogen) atoms. The predicted octanol–water partition coefficient (Wildman–Crippen LogP) is 10.7. The number of imidazole rings is 1. The van der Waals surface area contributed by atoms with Crippen LogP contribution in [0, 0.1) is 29.1 Å². The standard InChI is InChI=1S/C41H30F5N5/c1-41(2,3)39-32(31-33(42)35(44)37(46)36(45)34(31)43)38(23-11-6-5-7-12-23)48-51(39)26-17-18-28-27-15-8-9-16-29(27)50(30(28)22-26)25-14-10-13-24(21-25)40-47-19-20-49(40)4/h5-22H,1-4H3. The molecule has 8 rings (SSSR count). The normalized spacial score (nSPS) is 12.0. The van der Waals surface area contributed by atoms with Gasteiger partial charge in [-0.05, 0) is 30.3 Å². The first-order valence-electron chi connectivity index (χ1n) is 16.3. The van der Waals surface area contributed by atoms with Crippen LogP contribution in [0.1, 0.15) is 26.5 Å². The molecular weight excluding hydrogens is 657 g/mol. The van der Waals surface area contributed by atoms with Crippen LogP contribution in [-0.2, 0) is 12.5 Å². The van der Waals surface area contributed by atoms with Crippen molar-refractivity contribution in [1.82, 2.24) is 23.9 Å². The molecule has 0 amide bonds. The third-order valence-electron chi connectivity index (χ3n) is 9.19. The van der Waals surface area contributed by atoms with E-state index in [4.69, 9.17) is 5.10 Å². The Balaban J connectivity index is 1.45. The Morgan fingerprint density at radius 1 is 0.588 bits per heavy atom. The van der Waals surface area contributed by atoms with E-state index in [-0.39, 0.29) is 17.0 Å². The van der Waals surface area contributed by atoms with Gasteiger partial charge in [0.25, 0.3) is 0 Å². The molecule has 5 nitrogen and oxygen atoms in total. The fourth-order valence-electron chi connectivity index (χ4n) is 6.95. The van der Waals surface area contributed by atoms with E-state index in [1.165, 1.54) is 0 Å². The molecule has 0 N–H and O–H groups in total. The summed E-state index contributed by atoms with van der Waals surface area (Å²) in [5.41, 5.74) is 2.79. The fourth-order valence-corrected chi connectivity index (χ4v) is 6.95. The first kappa shape index (κ1) is 32.2. The van der Waals surface area contributed by atoms with Crippen molar-refractivity contribution in [3.63, 3.8) is 0 Å². The van der Waals surface area contributed by atoms with Gasteiger partial charge in [0, 0.05) is 58.0 Å². The number of hydrogen-bond acceptors (Lipinski definition) is 2. The summed E-state index contributed by atoms with van der Waals surface area (Å²) in [5.74, 6) is -9.29. The number of halogens is 5. The summed E-state index contributed by atoms with van der Waals surface area (Å²) in [6, 6.07) is 30.4. The molecule has 3 aromatic heterocycles. The van der Waals surface area contributed by atoms with Gasteiger partial charge in [0.1, 0.15) is 11.5 Å². The van der Waals surface area contributed by atoms with Crippen molar-refractivity contribution in [2.75, 3.05) is 0 Å². The van der Waals surface area contributed by atoms with Crippen molar-refractivity contribution in [2.45, 2.75) is 26.2 Å². The minimum atomic E-state index is -2.22. The van der Waals surface area contributed by atoms with Crippen LogP contribution >= 0.6 is 0 Å². The number of aryl methyl sites for hydroxylation is 1. The second-order valence-electron chi connectivity index (χ2n) is 13.5. The number of benzene rings is 5. The Hall–Kier alpha value is -6.03. The minimum absolute atomic E-state index is 0.0761. The summed E-state index contributed by atoms with van der Waals surface area (Å²) in [4.78, 5) is 4.53. The van der Waals surface area contributed by atoms with Crippen molar-refractivity contribution in [3.05, 3.63) is 144 Å². The monoisotopic (exact) mass is 687 g/mol. The van der Waals surface area contributed by atoms with E-state index in [0.29, 0.717) is 11.3 Å². The zero-order chi connectivity index (χ0) is 35.8. The summed E-state index contributed by atoms with van der Waals surface area (Å²) in [5, 5.41) is 6.86. The summed E-state index contributed by atoms with van der Waals surface area (Å²) >= 11 is 0. The van der Waals surface area contributed by atoms with Gasteiger partial charge in [0.2, 0.25) is 5.82 Å². The zero-order valence-corrected chi connectivity index (χ0v) is 28.0. The molecule has 0 spiro atoms. The lowest BCUT2D eigenvalue weighted by Crippen LogP contribution is -2.19. The second kappa shape index (κ2) is 11.8. The topological polar surface area (TPSA) is 40.6 Å². The molecule has 8 aromatic rings. The van der Waals surface area contributed by atoms with Crippen molar-refractivity contribution >= 4 is 21.8 Å². The van der Waals surface area contributed by atoms with Gasteiger partial charge < -0.3 is 9.13 Å². The van der Waals surface area contributed by atoms with E-state index in [9.17, 15) is 13.2 Å². The summed E-state index contributed by atoms with van der Waals surface area (Å²) in [7, 11) is 1.93. The summed E-state index contributed by atoms with van der Waals surface area (Å²) < 4.78 is 81.0. The van der Waals surface area contributed by atoms with Crippen molar-refractivity contribution in [1.29, 1.82) is 0 Å². The highest BCUT2D eigenvalue weighted by atomic mass is 19.2. The van der Waals surface area contributed by atoms with Gasteiger partial charge in [-0.2, -0.15) is 5.10 Å². The Morgan fingerprint density at radius 2 is 1.24 bits per heavy atom. The SMILES string of the molecule is Cn1ccnc1-c1cccc(-n2c3ccccc3c3ccc(-n4nc(-c5ccccc5)c(-c5c(F)c(F)c(F)c(F)c5F)c4C(C)(C)C)cc32)c1. The molecule has 0 aliphatic rings. The summed E-state index contributed by atoms with van der Waals surface area (Å²) in [6.45, 7) is 5.43. The number of para-hydroxylation sites is 1. The lowest BCUT2D eigenvalue weighted by molar-refractivity contribution is 0.381. The number of hydrogen-bond donors (Lipinski definition) is 0. The van der Waals surface area contributed by atoms with Crippen LogP contribution in [0.15, 0.2) is 109 Å². The fraction of sp³-hybridized carbons (Fsp3) is 0.122. The van der Waals surface area contributed by atoms with Gasteiger partial charge in [0.15, 0.2) is 23.3 Å². The smallest absolute Gasteiger partial charge is 0.200 e. The van der Waals surface area contributed by atoms with E-state index in [1.54, 1.807) is 41.2 Å². The first-order valence-corrected chi connectivity index (χ1v) is 16.3. The second-order valence-corrected chi connectivity index (χ2v) is 13.5. The first-order chi connectivity index (χ1) is 24.5. The average molecular weight is 688 g/mol. The molecule has 10 heteroatoms. The number of rotatable bonds is 5. The maximum absolute atomic E-state index is 15.7. The van der Waals surface area contributed by atoms with E-state index in [1.807, 2.05) is 99.2 Å². The largest absolute Gasteiger partial charge is 0.334 e. The van der Waals surface area contributed by atoms with E-state index in [0.717, 1.165) is 38.9 Å². The van der Waals surface area contributed by atoms with Gasteiger partial charge >= 0.3 is 0 Å². The molecule has 0 atom stereocenters. The van der Waals surface area contributed by atoms with Gasteiger partial charge in [-0.25, -0.2) is 31.6 Å². The van der Waals surface area contributed by atoms with Crippen LogP contribution in [-0.4, -0.2) is 23.9 Å². The maximum atomic E-state index is 15.7. The van der Waals surface area contributed by atoms with E-state index < -0.39 is 40.1 Å². The quantitative estimate of drug-likeness (QED) is 0.103. The molecule has 0 saturated heterocycles. The third-order valence-corrected chi connectivity index (χ3v) is 9.19. The molecule has 0 saturated carbocycles. The van der Waals surface area contributed by atoms with Gasteiger partial charge in [-0.3, -0.25) is 0 Å². The van der Waals surface area contributed by atoms with Crippen molar-refractivity contribution in [3.8, 4) is 45.1 Å². The molecule has 254 valence electrons. The molecule has 0 fully saturated rings.